The average Bonchev–Trinajstić information content (AvgIpc) is 3.92. The van der Waals surface area contributed by atoms with E-state index in [9.17, 15) is 57.5 Å². The van der Waals surface area contributed by atoms with Crippen LogP contribution in [0, 0.1) is 0 Å². The molecule has 69 heavy (non-hydrogen) atoms. The highest BCUT2D eigenvalue weighted by molar-refractivity contribution is 8.00. The van der Waals surface area contributed by atoms with Gasteiger partial charge in [-0.1, -0.05) is 0 Å². The minimum atomic E-state index is -1.22. The molecule has 0 aromatic carbocycles. The molecule has 12 amide bonds. The average molecular weight is 994 g/mol. The molecule has 26 heteroatoms. The van der Waals surface area contributed by atoms with Crippen LogP contribution in [0.4, 0.5) is 0 Å². The first-order chi connectivity index (χ1) is 32.4. The first kappa shape index (κ1) is 57.3. The normalized spacial score (nSPS) is 21.9. The molecular formula is C43H71N13O12S. The van der Waals surface area contributed by atoms with E-state index in [0.29, 0.717) is 50.9 Å². The molecule has 3 aliphatic heterocycles. The number of nitrogens with zero attached hydrogens (tertiary/aromatic N) is 2. The molecule has 0 aliphatic carbocycles. The van der Waals surface area contributed by atoms with Crippen LogP contribution in [0.3, 0.4) is 0 Å². The molecular weight excluding hydrogens is 923 g/mol. The third-order valence-electron chi connectivity index (χ3n) is 12.0. The van der Waals surface area contributed by atoms with E-state index < -0.39 is 114 Å². The second-order valence-corrected chi connectivity index (χ2v) is 19.2. The molecule has 12 atom stereocenters. The zero-order valence-electron chi connectivity index (χ0n) is 40.6. The smallest absolute Gasteiger partial charge is 0.246 e. The van der Waals surface area contributed by atoms with Gasteiger partial charge in [-0.05, 0) is 93.5 Å². The standard InChI is InChI=1S/C43H71N13O12S/c1-20(34(45)59)47-35(60)21(2)48-38(63)24(5)52-41(66)30(11-9-10-15-44)54-40(65)26(7)51-37(62)23(4)49-36(61)22(3)50-39(64)25(6)53-42(67)31-13-12-28-19-69-29-17-32(43(68)56(28)31)55(18-29)33(58)14-16-46-27(8)57/h20-26,28-32H,9-19,44H2,1-8H3,(H2,45,59)(H,46,57)(H,47,60)(H,48,63)(H,49,61)(H,50,64)(H,51,62)(H,52,66)(H,53,67)(H,54,65)/t20-,21-,22-,23-,24-,25-,26-,28?,29+,30-,31-,32+/m0/s1. The van der Waals surface area contributed by atoms with Crippen molar-refractivity contribution < 1.29 is 57.5 Å². The summed E-state index contributed by atoms with van der Waals surface area (Å²) >= 11 is 1.65. The van der Waals surface area contributed by atoms with Crippen molar-refractivity contribution in [1.82, 2.24) is 57.7 Å². The summed E-state index contributed by atoms with van der Waals surface area (Å²) in [4.78, 5) is 157. The van der Waals surface area contributed by atoms with Gasteiger partial charge in [0.1, 0.15) is 60.4 Å². The van der Waals surface area contributed by atoms with Crippen molar-refractivity contribution in [2.75, 3.05) is 25.4 Å². The Hall–Kier alpha value is -6.05. The highest BCUT2D eigenvalue weighted by Gasteiger charge is 2.50. The summed E-state index contributed by atoms with van der Waals surface area (Å²) in [6.45, 7) is 11.8. The van der Waals surface area contributed by atoms with Crippen LogP contribution in [0.15, 0.2) is 0 Å². The van der Waals surface area contributed by atoms with E-state index in [4.69, 9.17) is 11.5 Å². The van der Waals surface area contributed by atoms with Crippen molar-refractivity contribution >= 4 is 82.6 Å². The lowest BCUT2D eigenvalue weighted by Crippen LogP contribution is -2.59. The summed E-state index contributed by atoms with van der Waals surface area (Å²) in [5.41, 5.74) is 10.8. The van der Waals surface area contributed by atoms with Crippen molar-refractivity contribution in [1.29, 1.82) is 0 Å². The third-order valence-corrected chi connectivity index (χ3v) is 13.4. The predicted octanol–water partition coefficient (Wildman–Crippen LogP) is -4.78. The van der Waals surface area contributed by atoms with Gasteiger partial charge in [0.25, 0.3) is 0 Å². The van der Waals surface area contributed by atoms with Crippen LogP contribution < -0.4 is 59.3 Å². The predicted molar refractivity (Wildman–Crippen MR) is 251 cm³/mol. The summed E-state index contributed by atoms with van der Waals surface area (Å²) in [6, 6.07) is -11.0. The maximum absolute atomic E-state index is 14.0. The monoisotopic (exact) mass is 994 g/mol. The minimum absolute atomic E-state index is 0.0307. The first-order valence-corrected chi connectivity index (χ1v) is 24.3. The van der Waals surface area contributed by atoms with Gasteiger partial charge < -0.3 is 69.1 Å². The Morgan fingerprint density at radius 2 is 1.10 bits per heavy atom. The van der Waals surface area contributed by atoms with E-state index in [2.05, 4.69) is 47.9 Å². The molecule has 3 fully saturated rings. The molecule has 0 saturated carbocycles. The number of fused-ring (bicyclic) bond motifs is 3. The van der Waals surface area contributed by atoms with E-state index in [0.717, 1.165) is 0 Å². The number of primary amides is 1. The van der Waals surface area contributed by atoms with Crippen molar-refractivity contribution in [3.63, 3.8) is 0 Å². The summed E-state index contributed by atoms with van der Waals surface area (Å²) < 4.78 is 0. The second kappa shape index (κ2) is 26.6. The Morgan fingerprint density at radius 1 is 0.638 bits per heavy atom. The van der Waals surface area contributed by atoms with Crippen molar-refractivity contribution in [2.45, 2.75) is 172 Å². The number of unbranched alkanes of at least 4 members (excludes halogenated alkanes) is 1. The fourth-order valence-corrected chi connectivity index (χ4v) is 9.22. The third kappa shape index (κ3) is 16.9. The van der Waals surface area contributed by atoms with Crippen LogP contribution in [0.1, 0.15) is 100 Å². The lowest BCUT2D eigenvalue weighted by molar-refractivity contribution is -0.148. The lowest BCUT2D eigenvalue weighted by Gasteiger charge is -2.35. The molecule has 13 N–H and O–H groups in total. The van der Waals surface area contributed by atoms with Gasteiger partial charge in [0.05, 0.1) is 0 Å². The van der Waals surface area contributed by atoms with Crippen LogP contribution in [0.5, 0.6) is 0 Å². The fraction of sp³-hybridized carbons (Fsp3) is 0.721. The number of thioether (sulfide) groups is 1. The zero-order valence-corrected chi connectivity index (χ0v) is 41.4. The Kier molecular flexibility index (Phi) is 22.1. The van der Waals surface area contributed by atoms with Crippen LogP contribution in [-0.4, -0.2) is 178 Å². The van der Waals surface area contributed by atoms with Gasteiger partial charge >= 0.3 is 0 Å². The number of likely N-dealkylation sites (tertiary alicyclic amines) is 1. The maximum atomic E-state index is 14.0. The quantitative estimate of drug-likeness (QED) is 0.0405. The highest BCUT2D eigenvalue weighted by Crippen LogP contribution is 2.38. The van der Waals surface area contributed by atoms with Crippen molar-refractivity contribution in [2.24, 2.45) is 11.5 Å². The maximum Gasteiger partial charge on any atom is 0.246 e. The second-order valence-electron chi connectivity index (χ2n) is 17.8. The summed E-state index contributed by atoms with van der Waals surface area (Å²) in [7, 11) is 0. The molecule has 0 radical (unpaired) electrons. The first-order valence-electron chi connectivity index (χ1n) is 23.3. The fourth-order valence-electron chi connectivity index (χ4n) is 7.81. The van der Waals surface area contributed by atoms with Gasteiger partial charge in [0.15, 0.2) is 0 Å². The molecule has 3 heterocycles. The van der Waals surface area contributed by atoms with Crippen molar-refractivity contribution in [3.05, 3.63) is 0 Å². The number of rotatable bonds is 24. The number of nitrogens with two attached hydrogens (primary N) is 2. The molecule has 1 unspecified atom stereocenters. The van der Waals surface area contributed by atoms with E-state index >= 15 is 0 Å². The number of carbonyl (C=O) groups is 12. The molecule has 0 aromatic rings. The molecule has 0 spiro atoms. The highest BCUT2D eigenvalue weighted by atomic mass is 32.2. The van der Waals surface area contributed by atoms with E-state index in [-0.39, 0.29) is 48.4 Å². The van der Waals surface area contributed by atoms with E-state index in [1.165, 1.54) is 65.2 Å². The minimum Gasteiger partial charge on any atom is -0.368 e. The van der Waals surface area contributed by atoms with Gasteiger partial charge in [0.2, 0.25) is 70.9 Å². The number of nitrogens with one attached hydrogen (secondary N) is 9. The SMILES string of the molecule is CC(=O)NCCC(=O)N1C[C@H]2C[C@@H]1C(=O)N1C(CC[C@H]1C(=O)N[C@@H](C)C(=O)N[C@@H](C)C(=O)N[C@@H](C)C(=O)N[C@@H](C)C(=O)N[C@@H](CCCCN)C(=O)N[C@@H](C)C(=O)N[C@@H](C)C(=O)N[C@@H](C)C(N)=O)CS2. The molecule has 2 bridgehead atoms. The number of carbonyl (C=O) groups excluding carboxylic acids is 12. The molecule has 25 nitrogen and oxygen atoms in total. The largest absolute Gasteiger partial charge is 0.368 e. The summed E-state index contributed by atoms with van der Waals surface area (Å²) in [6.07, 6.45) is 2.43. The number of hydrogen-bond acceptors (Lipinski definition) is 14. The molecule has 3 saturated heterocycles. The lowest BCUT2D eigenvalue weighted by atomic mass is 10.1. The molecule has 386 valence electrons. The van der Waals surface area contributed by atoms with Gasteiger partial charge in [-0.25, -0.2) is 0 Å². The van der Waals surface area contributed by atoms with Crippen LogP contribution >= 0.6 is 11.8 Å². The molecule has 0 aromatic heterocycles. The zero-order chi connectivity index (χ0) is 51.9. The summed E-state index contributed by atoms with van der Waals surface area (Å²) in [5.74, 6) is -6.80. The van der Waals surface area contributed by atoms with Crippen LogP contribution in [0.25, 0.3) is 0 Å². The van der Waals surface area contributed by atoms with E-state index in [1.807, 2.05) is 0 Å². The Bertz CT molecular complexity index is 1960. The summed E-state index contributed by atoms with van der Waals surface area (Å²) in [5, 5.41) is 22.6. The van der Waals surface area contributed by atoms with Gasteiger partial charge in [-0.15, -0.1) is 0 Å². The van der Waals surface area contributed by atoms with Crippen LogP contribution in [0.2, 0.25) is 0 Å². The van der Waals surface area contributed by atoms with Crippen molar-refractivity contribution in [3.8, 4) is 0 Å². The van der Waals surface area contributed by atoms with Crippen LogP contribution in [-0.2, 0) is 57.5 Å². The van der Waals surface area contributed by atoms with Gasteiger partial charge in [0, 0.05) is 43.5 Å². The molecule has 3 rings (SSSR count). The Balaban J connectivity index is 1.50. The van der Waals surface area contributed by atoms with Gasteiger partial charge in [-0.2, -0.15) is 11.8 Å². The Labute approximate surface area is 405 Å². The number of hydrogen-bond donors (Lipinski definition) is 11. The molecule has 3 aliphatic rings. The Morgan fingerprint density at radius 3 is 1.58 bits per heavy atom. The topological polar surface area (TPSA) is 372 Å². The number of amides is 12. The van der Waals surface area contributed by atoms with Gasteiger partial charge in [-0.3, -0.25) is 57.5 Å². The van der Waals surface area contributed by atoms with E-state index in [1.54, 1.807) is 11.8 Å².